The number of halogens is 3. The van der Waals surface area contributed by atoms with Gasteiger partial charge in [-0.2, -0.15) is 5.10 Å². The second-order valence-corrected chi connectivity index (χ2v) is 5.52. The van der Waals surface area contributed by atoms with E-state index < -0.39 is 12.1 Å². The lowest BCUT2D eigenvalue weighted by Crippen LogP contribution is -2.21. The Morgan fingerprint density at radius 1 is 1.04 bits per heavy atom. The minimum Gasteiger partial charge on any atom is -0.406 e. The van der Waals surface area contributed by atoms with Crippen molar-refractivity contribution in [3.8, 4) is 5.75 Å². The van der Waals surface area contributed by atoms with E-state index in [1.807, 2.05) is 30.3 Å². The van der Waals surface area contributed by atoms with Gasteiger partial charge in [-0.05, 0) is 29.8 Å². The van der Waals surface area contributed by atoms with Gasteiger partial charge in [0.1, 0.15) is 12.4 Å². The van der Waals surface area contributed by atoms with Gasteiger partial charge >= 0.3 is 6.36 Å². The molecule has 0 atom stereocenters. The van der Waals surface area contributed by atoms with Crippen molar-refractivity contribution in [3.63, 3.8) is 0 Å². The van der Waals surface area contributed by atoms with Gasteiger partial charge in [-0.25, -0.2) is 5.06 Å². The van der Waals surface area contributed by atoms with E-state index in [2.05, 4.69) is 14.9 Å². The Labute approximate surface area is 158 Å². The molecule has 1 aromatic heterocycles. The first kappa shape index (κ1) is 19.3. The van der Waals surface area contributed by atoms with Gasteiger partial charge in [0.15, 0.2) is 12.1 Å². The lowest BCUT2D eigenvalue weighted by molar-refractivity contribution is -0.274. The SMILES string of the molecule is O=Cc1ccc(OC(F)(F)F)cc1N(OCc1ccccc1)c1cccnn1. The molecule has 0 fully saturated rings. The second kappa shape index (κ2) is 8.49. The predicted octanol–water partition coefficient (Wildman–Crippen LogP) is 4.46. The van der Waals surface area contributed by atoms with Crippen molar-refractivity contribution in [1.82, 2.24) is 10.2 Å². The van der Waals surface area contributed by atoms with Crippen molar-refractivity contribution in [3.05, 3.63) is 78.0 Å². The van der Waals surface area contributed by atoms with Crippen LogP contribution in [0.1, 0.15) is 15.9 Å². The van der Waals surface area contributed by atoms with Crippen molar-refractivity contribution in [2.75, 3.05) is 5.06 Å². The summed E-state index contributed by atoms with van der Waals surface area (Å²) in [7, 11) is 0. The lowest BCUT2D eigenvalue weighted by Gasteiger charge is -2.24. The molecule has 1 heterocycles. The Morgan fingerprint density at radius 2 is 1.82 bits per heavy atom. The molecule has 6 nitrogen and oxygen atoms in total. The number of aldehydes is 1. The molecule has 0 aliphatic carbocycles. The maximum atomic E-state index is 12.6. The van der Waals surface area contributed by atoms with Gasteiger partial charge in [0, 0.05) is 17.8 Å². The first-order valence-corrected chi connectivity index (χ1v) is 8.06. The van der Waals surface area contributed by atoms with Crippen LogP contribution in [0.5, 0.6) is 5.75 Å². The fourth-order valence-corrected chi connectivity index (χ4v) is 2.37. The molecule has 144 valence electrons. The molecule has 0 unspecified atom stereocenters. The number of carbonyl (C=O) groups excluding carboxylic acids is 1. The number of hydrogen-bond donors (Lipinski definition) is 0. The summed E-state index contributed by atoms with van der Waals surface area (Å²) < 4.78 is 41.7. The Bertz CT molecular complexity index is 922. The summed E-state index contributed by atoms with van der Waals surface area (Å²) in [5.74, 6) is -0.309. The quantitative estimate of drug-likeness (QED) is 0.439. The van der Waals surface area contributed by atoms with Crippen molar-refractivity contribution in [2.45, 2.75) is 13.0 Å². The number of hydrogen-bond acceptors (Lipinski definition) is 6. The van der Waals surface area contributed by atoms with Gasteiger partial charge < -0.3 is 4.74 Å². The zero-order valence-corrected chi connectivity index (χ0v) is 14.3. The van der Waals surface area contributed by atoms with Crippen LogP contribution in [0.4, 0.5) is 24.7 Å². The van der Waals surface area contributed by atoms with Crippen LogP contribution in [-0.2, 0) is 11.4 Å². The average molecular weight is 389 g/mol. The van der Waals surface area contributed by atoms with Crippen molar-refractivity contribution >= 4 is 17.8 Å². The van der Waals surface area contributed by atoms with Crippen LogP contribution in [0.15, 0.2) is 66.9 Å². The Hall–Kier alpha value is -3.46. The highest BCUT2D eigenvalue weighted by Crippen LogP contribution is 2.33. The number of nitrogens with zero attached hydrogens (tertiary/aromatic N) is 3. The van der Waals surface area contributed by atoms with E-state index in [0.29, 0.717) is 6.29 Å². The molecule has 0 N–H and O–H groups in total. The summed E-state index contributed by atoms with van der Waals surface area (Å²) in [6.07, 6.45) is -2.94. The fourth-order valence-electron chi connectivity index (χ4n) is 2.37. The number of rotatable bonds is 7. The normalized spacial score (nSPS) is 11.1. The molecule has 0 saturated heterocycles. The van der Waals surface area contributed by atoms with E-state index in [1.54, 1.807) is 12.1 Å². The van der Waals surface area contributed by atoms with E-state index in [-0.39, 0.29) is 23.7 Å². The van der Waals surface area contributed by atoms with Crippen LogP contribution in [0, 0.1) is 0 Å². The maximum Gasteiger partial charge on any atom is 0.573 e. The van der Waals surface area contributed by atoms with E-state index in [0.717, 1.165) is 22.8 Å². The van der Waals surface area contributed by atoms with Crippen LogP contribution in [0.3, 0.4) is 0 Å². The number of carbonyl (C=O) groups is 1. The Morgan fingerprint density at radius 3 is 2.46 bits per heavy atom. The Kier molecular flexibility index (Phi) is 5.85. The van der Waals surface area contributed by atoms with E-state index >= 15 is 0 Å². The summed E-state index contributed by atoms with van der Waals surface area (Å²) in [6.45, 7) is 0.0834. The van der Waals surface area contributed by atoms with Gasteiger partial charge in [-0.1, -0.05) is 30.3 Å². The molecule has 0 bridgehead atoms. The summed E-state index contributed by atoms with van der Waals surface area (Å²) in [5, 5.41) is 8.82. The van der Waals surface area contributed by atoms with Crippen LogP contribution < -0.4 is 9.80 Å². The highest BCUT2D eigenvalue weighted by Gasteiger charge is 2.31. The van der Waals surface area contributed by atoms with Crippen molar-refractivity contribution in [2.24, 2.45) is 0 Å². The average Bonchev–Trinajstić information content (AvgIpc) is 2.69. The molecule has 0 spiro atoms. The third-order valence-electron chi connectivity index (χ3n) is 3.55. The largest absolute Gasteiger partial charge is 0.573 e. The van der Waals surface area contributed by atoms with Crippen LogP contribution >= 0.6 is 0 Å². The number of anilines is 2. The molecule has 0 radical (unpaired) electrons. The van der Waals surface area contributed by atoms with Gasteiger partial charge in [0.25, 0.3) is 0 Å². The van der Waals surface area contributed by atoms with Gasteiger partial charge in [-0.3, -0.25) is 9.63 Å². The standard InChI is InChI=1S/C19H14F3N3O3/c20-19(21,22)28-16-9-8-15(12-26)17(11-16)25(18-7-4-10-23-24-18)27-13-14-5-2-1-3-6-14/h1-12H,13H2. The van der Waals surface area contributed by atoms with Gasteiger partial charge in [-0.15, -0.1) is 18.3 Å². The van der Waals surface area contributed by atoms with E-state index in [4.69, 9.17) is 4.84 Å². The molecule has 0 aliphatic rings. The molecule has 9 heteroatoms. The van der Waals surface area contributed by atoms with Crippen LogP contribution in [-0.4, -0.2) is 22.8 Å². The third-order valence-corrected chi connectivity index (χ3v) is 3.55. The molecule has 3 rings (SSSR count). The minimum atomic E-state index is -4.87. The zero-order valence-electron chi connectivity index (χ0n) is 14.3. The minimum absolute atomic E-state index is 0.0354. The molecule has 0 saturated carbocycles. The molecule has 0 amide bonds. The second-order valence-electron chi connectivity index (χ2n) is 5.52. The first-order chi connectivity index (χ1) is 13.5. The van der Waals surface area contributed by atoms with Crippen LogP contribution in [0.2, 0.25) is 0 Å². The zero-order chi connectivity index (χ0) is 20.0. The molecule has 2 aromatic carbocycles. The topological polar surface area (TPSA) is 64.5 Å². The molecular weight excluding hydrogens is 375 g/mol. The third kappa shape index (κ3) is 5.04. The Balaban J connectivity index is 1.98. The van der Waals surface area contributed by atoms with Gasteiger partial charge in [0.2, 0.25) is 0 Å². The smallest absolute Gasteiger partial charge is 0.406 e. The summed E-state index contributed by atoms with van der Waals surface area (Å²) in [6, 6.07) is 15.5. The van der Waals surface area contributed by atoms with Crippen molar-refractivity contribution < 1.29 is 27.5 Å². The molecule has 28 heavy (non-hydrogen) atoms. The predicted molar refractivity (Wildman–Crippen MR) is 93.9 cm³/mol. The number of benzene rings is 2. The molecule has 0 aliphatic heterocycles. The lowest BCUT2D eigenvalue weighted by atomic mass is 10.2. The maximum absolute atomic E-state index is 12.6. The monoisotopic (exact) mass is 389 g/mol. The highest BCUT2D eigenvalue weighted by molar-refractivity contribution is 5.86. The van der Waals surface area contributed by atoms with Crippen molar-refractivity contribution in [1.29, 1.82) is 0 Å². The molecule has 3 aromatic rings. The number of aromatic nitrogens is 2. The van der Waals surface area contributed by atoms with Crippen LogP contribution in [0.25, 0.3) is 0 Å². The first-order valence-electron chi connectivity index (χ1n) is 8.06. The van der Waals surface area contributed by atoms with E-state index in [9.17, 15) is 18.0 Å². The number of alkyl halides is 3. The summed E-state index contributed by atoms with van der Waals surface area (Å²) in [5.41, 5.74) is 0.938. The van der Waals surface area contributed by atoms with Gasteiger partial charge in [0.05, 0.1) is 5.69 Å². The molecular formula is C19H14F3N3O3. The van der Waals surface area contributed by atoms with E-state index in [1.165, 1.54) is 12.3 Å². The summed E-state index contributed by atoms with van der Waals surface area (Å²) >= 11 is 0. The number of ether oxygens (including phenoxy) is 1. The fraction of sp³-hybridized carbons (Fsp3) is 0.105. The highest BCUT2D eigenvalue weighted by atomic mass is 19.4. The summed E-state index contributed by atoms with van der Waals surface area (Å²) in [4.78, 5) is 17.2.